The van der Waals surface area contributed by atoms with Crippen LogP contribution in [0.15, 0.2) is 0 Å². The third-order valence-electron chi connectivity index (χ3n) is 6.01. The monoisotopic (exact) mass is 370 g/mol. The molecule has 1 saturated heterocycles. The SMILES string of the molecule is CCCCCCCCCCCCCCCCC1(OC)C[N+](C)(C)CCO1. The third kappa shape index (κ3) is 10.9. The quantitative estimate of drug-likeness (QED) is 0.234. The van der Waals surface area contributed by atoms with Gasteiger partial charge in [0.15, 0.2) is 0 Å². The molecule has 0 aromatic heterocycles. The van der Waals surface area contributed by atoms with Crippen molar-refractivity contribution >= 4 is 0 Å². The first-order valence-electron chi connectivity index (χ1n) is 11.5. The Morgan fingerprint density at radius 2 is 1.23 bits per heavy atom. The van der Waals surface area contributed by atoms with Crippen molar-refractivity contribution in [1.82, 2.24) is 0 Å². The molecule has 0 bridgehead atoms. The molecule has 1 aliphatic heterocycles. The molecule has 0 spiro atoms. The average molecular weight is 371 g/mol. The molecule has 3 heteroatoms. The minimum absolute atomic E-state index is 0.334. The highest BCUT2D eigenvalue weighted by molar-refractivity contribution is 4.72. The molecule has 0 aromatic rings. The van der Waals surface area contributed by atoms with Gasteiger partial charge < -0.3 is 14.0 Å². The Hall–Kier alpha value is -0.120. The zero-order valence-corrected chi connectivity index (χ0v) is 18.5. The summed E-state index contributed by atoms with van der Waals surface area (Å²) in [7, 11) is 6.37. The van der Waals surface area contributed by atoms with Gasteiger partial charge in [0, 0.05) is 13.5 Å². The molecule has 0 aromatic carbocycles. The van der Waals surface area contributed by atoms with Gasteiger partial charge in [0.1, 0.15) is 13.1 Å². The van der Waals surface area contributed by atoms with E-state index in [9.17, 15) is 0 Å². The van der Waals surface area contributed by atoms with Crippen molar-refractivity contribution in [2.75, 3.05) is 40.9 Å². The largest absolute Gasteiger partial charge is 0.349 e. The van der Waals surface area contributed by atoms with Gasteiger partial charge in [-0.25, -0.2) is 0 Å². The number of methoxy groups -OCH3 is 1. The summed E-state index contributed by atoms with van der Waals surface area (Å²) in [5.74, 6) is -0.334. The molecule has 1 fully saturated rings. The van der Waals surface area contributed by atoms with Crippen LogP contribution in [-0.4, -0.2) is 51.2 Å². The first-order chi connectivity index (χ1) is 12.5. The van der Waals surface area contributed by atoms with E-state index in [0.717, 1.165) is 30.6 Å². The highest BCUT2D eigenvalue weighted by atomic mass is 16.7. The van der Waals surface area contributed by atoms with Crippen molar-refractivity contribution < 1.29 is 14.0 Å². The van der Waals surface area contributed by atoms with Crippen LogP contribution in [0.3, 0.4) is 0 Å². The second-order valence-corrected chi connectivity index (χ2v) is 9.13. The van der Waals surface area contributed by atoms with Crippen LogP contribution in [0.4, 0.5) is 0 Å². The van der Waals surface area contributed by atoms with Crippen molar-refractivity contribution in [1.29, 1.82) is 0 Å². The predicted molar refractivity (Wildman–Crippen MR) is 112 cm³/mol. The van der Waals surface area contributed by atoms with Gasteiger partial charge in [0.25, 0.3) is 0 Å². The van der Waals surface area contributed by atoms with Crippen molar-refractivity contribution in [3.05, 3.63) is 0 Å². The van der Waals surface area contributed by atoms with Gasteiger partial charge in [-0.1, -0.05) is 90.4 Å². The van der Waals surface area contributed by atoms with Crippen LogP contribution in [0.5, 0.6) is 0 Å². The lowest BCUT2D eigenvalue weighted by atomic mass is 10.0. The standard InChI is InChI=1S/C23H48NO2/c1-5-6-7-8-9-10-11-12-13-14-15-16-17-18-19-23(25-4)22-24(2,3)20-21-26-23/h5-22H2,1-4H3/q+1. The van der Waals surface area contributed by atoms with Gasteiger partial charge in [-0.2, -0.15) is 0 Å². The Morgan fingerprint density at radius 3 is 1.65 bits per heavy atom. The van der Waals surface area contributed by atoms with E-state index >= 15 is 0 Å². The molecule has 0 saturated carbocycles. The summed E-state index contributed by atoms with van der Waals surface area (Å²) >= 11 is 0. The third-order valence-corrected chi connectivity index (χ3v) is 6.01. The number of rotatable bonds is 16. The van der Waals surface area contributed by atoms with Crippen LogP contribution in [0, 0.1) is 0 Å². The number of morpholine rings is 1. The van der Waals surface area contributed by atoms with E-state index in [1.165, 1.54) is 89.9 Å². The average Bonchev–Trinajstić information content (AvgIpc) is 2.61. The van der Waals surface area contributed by atoms with E-state index in [2.05, 4.69) is 21.0 Å². The zero-order valence-electron chi connectivity index (χ0n) is 18.5. The molecule has 1 unspecified atom stereocenters. The molecule has 0 aliphatic carbocycles. The maximum absolute atomic E-state index is 6.03. The van der Waals surface area contributed by atoms with E-state index < -0.39 is 0 Å². The molecular formula is C23H48NO2+. The topological polar surface area (TPSA) is 18.5 Å². The molecule has 1 rings (SSSR count). The molecule has 1 atom stereocenters. The molecule has 0 N–H and O–H groups in total. The van der Waals surface area contributed by atoms with E-state index in [-0.39, 0.29) is 5.79 Å². The van der Waals surface area contributed by atoms with Crippen LogP contribution < -0.4 is 0 Å². The van der Waals surface area contributed by atoms with Gasteiger partial charge in [0.2, 0.25) is 5.79 Å². The Bertz CT molecular complexity index is 332. The number of quaternary nitrogens is 1. The van der Waals surface area contributed by atoms with Crippen LogP contribution in [0.1, 0.15) is 103 Å². The Balaban J connectivity index is 1.91. The van der Waals surface area contributed by atoms with Crippen molar-refractivity contribution in [3.8, 4) is 0 Å². The lowest BCUT2D eigenvalue weighted by Crippen LogP contribution is -2.60. The Kier molecular flexibility index (Phi) is 12.8. The summed E-state index contributed by atoms with van der Waals surface area (Å²) < 4.78 is 12.8. The molecule has 0 radical (unpaired) electrons. The lowest BCUT2D eigenvalue weighted by molar-refractivity contribution is -0.911. The number of nitrogens with zero attached hydrogens (tertiary/aromatic N) is 1. The number of unbranched alkanes of at least 4 members (excludes halogenated alkanes) is 13. The van der Waals surface area contributed by atoms with Crippen molar-refractivity contribution in [2.45, 2.75) is 109 Å². The Morgan fingerprint density at radius 1 is 0.769 bits per heavy atom. The normalized spacial score (nSPS) is 22.6. The second-order valence-electron chi connectivity index (χ2n) is 9.13. The van der Waals surface area contributed by atoms with Crippen LogP contribution >= 0.6 is 0 Å². The summed E-state index contributed by atoms with van der Waals surface area (Å²) in [5.41, 5.74) is 0. The van der Waals surface area contributed by atoms with Gasteiger partial charge in [-0.3, -0.25) is 0 Å². The fourth-order valence-electron chi connectivity index (χ4n) is 4.22. The highest BCUT2D eigenvalue weighted by Crippen LogP contribution is 2.28. The molecule has 0 amide bonds. The summed E-state index contributed by atoms with van der Waals surface area (Å²) in [5, 5.41) is 0. The first-order valence-corrected chi connectivity index (χ1v) is 11.5. The highest BCUT2D eigenvalue weighted by Gasteiger charge is 2.41. The summed E-state index contributed by atoms with van der Waals surface area (Å²) in [6.07, 6.45) is 20.7. The fourth-order valence-corrected chi connectivity index (χ4v) is 4.22. The summed E-state index contributed by atoms with van der Waals surface area (Å²) in [4.78, 5) is 0. The number of hydrogen-bond acceptors (Lipinski definition) is 2. The number of likely N-dealkylation sites (N-methyl/N-ethyl adjacent to an activating group) is 1. The van der Waals surface area contributed by atoms with Crippen molar-refractivity contribution in [3.63, 3.8) is 0 Å². The number of ether oxygens (including phenoxy) is 2. The minimum atomic E-state index is -0.334. The van der Waals surface area contributed by atoms with Crippen LogP contribution in [0.25, 0.3) is 0 Å². The van der Waals surface area contributed by atoms with Crippen LogP contribution in [0.2, 0.25) is 0 Å². The summed E-state index contributed by atoms with van der Waals surface area (Å²) in [6.45, 7) is 5.17. The van der Waals surface area contributed by atoms with E-state index in [4.69, 9.17) is 9.47 Å². The fraction of sp³-hybridized carbons (Fsp3) is 1.00. The molecule has 156 valence electrons. The zero-order chi connectivity index (χ0) is 19.1. The predicted octanol–water partition coefficient (Wildman–Crippen LogP) is 6.31. The van der Waals surface area contributed by atoms with E-state index in [0.29, 0.717) is 0 Å². The molecule has 26 heavy (non-hydrogen) atoms. The van der Waals surface area contributed by atoms with Crippen molar-refractivity contribution in [2.24, 2.45) is 0 Å². The van der Waals surface area contributed by atoms with E-state index in [1.54, 1.807) is 0 Å². The maximum atomic E-state index is 6.03. The Labute approximate surface area is 164 Å². The maximum Gasteiger partial charge on any atom is 0.218 e. The van der Waals surface area contributed by atoms with Gasteiger partial charge in [0.05, 0.1) is 20.7 Å². The summed E-state index contributed by atoms with van der Waals surface area (Å²) in [6, 6.07) is 0. The van der Waals surface area contributed by atoms with Gasteiger partial charge >= 0.3 is 0 Å². The van der Waals surface area contributed by atoms with Gasteiger partial charge in [-0.05, 0) is 6.42 Å². The first kappa shape index (κ1) is 23.9. The minimum Gasteiger partial charge on any atom is -0.349 e. The molecule has 3 nitrogen and oxygen atoms in total. The second kappa shape index (κ2) is 14.0. The molecule has 1 heterocycles. The molecular weight excluding hydrogens is 322 g/mol. The smallest absolute Gasteiger partial charge is 0.218 e. The van der Waals surface area contributed by atoms with Gasteiger partial charge in [-0.15, -0.1) is 0 Å². The molecule has 1 aliphatic rings. The number of hydrogen-bond donors (Lipinski definition) is 0. The van der Waals surface area contributed by atoms with Crippen LogP contribution in [-0.2, 0) is 9.47 Å². The lowest BCUT2D eigenvalue weighted by Gasteiger charge is -2.44. The van der Waals surface area contributed by atoms with E-state index in [1.807, 2.05) is 7.11 Å².